The number of hydrogen-bond acceptors (Lipinski definition) is 5. The Labute approximate surface area is 151 Å². The Morgan fingerprint density at radius 3 is 2.54 bits per heavy atom. The number of aliphatic hydroxyl groups is 1. The van der Waals surface area contributed by atoms with E-state index < -0.39 is 6.10 Å². The average molecular weight is 354 g/mol. The molecule has 3 aromatic rings. The summed E-state index contributed by atoms with van der Waals surface area (Å²) < 4.78 is 16.7. The standard InChI is InChI=1S/C21H22O5/c1-2-6-15-7-3-4-8-18(15)25-13-16(22)14-26-20-10-5-9-19-21(20)17(23)11-12-24-19/h3-5,7-12,16,22H,2,6,13-14H2,1H3. The average Bonchev–Trinajstić information content (AvgIpc) is 2.66. The van der Waals surface area contributed by atoms with E-state index in [4.69, 9.17) is 13.9 Å². The lowest BCUT2D eigenvalue weighted by atomic mass is 10.1. The van der Waals surface area contributed by atoms with Gasteiger partial charge in [-0.05, 0) is 30.2 Å². The first-order valence-corrected chi connectivity index (χ1v) is 8.71. The van der Waals surface area contributed by atoms with E-state index in [-0.39, 0.29) is 18.6 Å². The van der Waals surface area contributed by atoms with Crippen LogP contribution in [0.15, 0.2) is 64.0 Å². The van der Waals surface area contributed by atoms with Gasteiger partial charge in [-0.1, -0.05) is 37.6 Å². The van der Waals surface area contributed by atoms with Crippen molar-refractivity contribution in [3.05, 3.63) is 70.6 Å². The first-order valence-electron chi connectivity index (χ1n) is 8.71. The number of ether oxygens (including phenoxy) is 2. The van der Waals surface area contributed by atoms with Gasteiger partial charge in [0.15, 0.2) is 5.43 Å². The number of hydrogen-bond donors (Lipinski definition) is 1. The monoisotopic (exact) mass is 354 g/mol. The van der Waals surface area contributed by atoms with E-state index in [1.54, 1.807) is 18.2 Å². The molecule has 3 rings (SSSR count). The molecule has 0 aliphatic rings. The van der Waals surface area contributed by atoms with Gasteiger partial charge in [0.05, 0.1) is 6.26 Å². The third kappa shape index (κ3) is 4.24. The number of aryl methyl sites for hydroxylation is 1. The van der Waals surface area contributed by atoms with E-state index in [2.05, 4.69) is 6.92 Å². The van der Waals surface area contributed by atoms with Crippen LogP contribution in [0.3, 0.4) is 0 Å². The van der Waals surface area contributed by atoms with Crippen LogP contribution in [0.25, 0.3) is 11.0 Å². The van der Waals surface area contributed by atoms with Crippen molar-refractivity contribution in [2.75, 3.05) is 13.2 Å². The van der Waals surface area contributed by atoms with Crippen molar-refractivity contribution in [3.63, 3.8) is 0 Å². The minimum absolute atomic E-state index is 0.0173. The van der Waals surface area contributed by atoms with Gasteiger partial charge in [0.1, 0.15) is 41.8 Å². The van der Waals surface area contributed by atoms with Gasteiger partial charge in [-0.3, -0.25) is 4.79 Å². The van der Waals surface area contributed by atoms with Crippen LogP contribution in [-0.4, -0.2) is 24.4 Å². The lowest BCUT2D eigenvalue weighted by molar-refractivity contribution is 0.0628. The molecule has 1 atom stereocenters. The van der Waals surface area contributed by atoms with E-state index in [9.17, 15) is 9.90 Å². The predicted octanol–water partition coefficient (Wildman–Crippen LogP) is 3.56. The second kappa shape index (κ2) is 8.54. The summed E-state index contributed by atoms with van der Waals surface area (Å²) in [5.74, 6) is 1.17. The molecule has 0 aliphatic carbocycles. The summed E-state index contributed by atoms with van der Waals surface area (Å²) in [5.41, 5.74) is 1.39. The van der Waals surface area contributed by atoms with Gasteiger partial charge in [-0.15, -0.1) is 0 Å². The molecule has 5 heteroatoms. The highest BCUT2D eigenvalue weighted by Gasteiger charge is 2.12. The van der Waals surface area contributed by atoms with E-state index >= 15 is 0 Å². The lowest BCUT2D eigenvalue weighted by Crippen LogP contribution is -2.25. The molecule has 0 fully saturated rings. The van der Waals surface area contributed by atoms with Crippen molar-refractivity contribution in [1.82, 2.24) is 0 Å². The zero-order valence-corrected chi connectivity index (χ0v) is 14.7. The molecule has 136 valence electrons. The molecule has 5 nitrogen and oxygen atoms in total. The number of para-hydroxylation sites is 1. The van der Waals surface area contributed by atoms with Gasteiger partial charge in [0, 0.05) is 6.07 Å². The van der Waals surface area contributed by atoms with E-state index in [1.807, 2.05) is 24.3 Å². The second-order valence-electron chi connectivity index (χ2n) is 6.05. The number of fused-ring (bicyclic) bond motifs is 1. The predicted molar refractivity (Wildman–Crippen MR) is 99.9 cm³/mol. The summed E-state index contributed by atoms with van der Waals surface area (Å²) in [6.07, 6.45) is 2.48. The van der Waals surface area contributed by atoms with Crippen LogP contribution < -0.4 is 14.9 Å². The van der Waals surface area contributed by atoms with Crippen molar-refractivity contribution in [1.29, 1.82) is 0 Å². The Morgan fingerprint density at radius 2 is 1.73 bits per heavy atom. The van der Waals surface area contributed by atoms with Gasteiger partial charge in [0.2, 0.25) is 0 Å². The maximum atomic E-state index is 12.0. The van der Waals surface area contributed by atoms with E-state index in [0.29, 0.717) is 16.7 Å². The summed E-state index contributed by atoms with van der Waals surface area (Å²) >= 11 is 0. The zero-order chi connectivity index (χ0) is 18.4. The first-order chi connectivity index (χ1) is 12.7. The summed E-state index contributed by atoms with van der Waals surface area (Å²) in [6, 6.07) is 14.3. The maximum absolute atomic E-state index is 12.0. The van der Waals surface area contributed by atoms with Crippen molar-refractivity contribution in [3.8, 4) is 11.5 Å². The van der Waals surface area contributed by atoms with E-state index in [0.717, 1.165) is 24.2 Å². The number of rotatable bonds is 8. The van der Waals surface area contributed by atoms with Crippen LogP contribution in [-0.2, 0) is 6.42 Å². The largest absolute Gasteiger partial charge is 0.490 e. The van der Waals surface area contributed by atoms with Gasteiger partial charge in [-0.25, -0.2) is 0 Å². The molecule has 0 saturated carbocycles. The highest BCUT2D eigenvalue weighted by atomic mass is 16.5. The van der Waals surface area contributed by atoms with Crippen LogP contribution in [0.2, 0.25) is 0 Å². The van der Waals surface area contributed by atoms with Gasteiger partial charge in [-0.2, -0.15) is 0 Å². The fourth-order valence-corrected chi connectivity index (χ4v) is 2.77. The molecule has 1 unspecified atom stereocenters. The molecular weight excluding hydrogens is 332 g/mol. The van der Waals surface area contributed by atoms with Crippen molar-refractivity contribution >= 4 is 11.0 Å². The highest BCUT2D eigenvalue weighted by molar-refractivity contribution is 5.83. The molecule has 0 bridgehead atoms. The zero-order valence-electron chi connectivity index (χ0n) is 14.7. The molecule has 2 aromatic carbocycles. The Bertz CT molecular complexity index is 910. The molecule has 0 aliphatic heterocycles. The first kappa shape index (κ1) is 18.0. The summed E-state index contributed by atoms with van der Waals surface area (Å²) in [7, 11) is 0. The van der Waals surface area contributed by atoms with Gasteiger partial charge >= 0.3 is 0 Å². The van der Waals surface area contributed by atoms with Crippen molar-refractivity contribution in [2.45, 2.75) is 25.9 Å². The van der Waals surface area contributed by atoms with E-state index in [1.165, 1.54) is 12.3 Å². The van der Waals surface area contributed by atoms with Crippen LogP contribution >= 0.6 is 0 Å². The van der Waals surface area contributed by atoms with Crippen LogP contribution in [0.1, 0.15) is 18.9 Å². The van der Waals surface area contributed by atoms with Gasteiger partial charge < -0.3 is 19.0 Å². The van der Waals surface area contributed by atoms with Crippen molar-refractivity contribution < 1.29 is 19.0 Å². The van der Waals surface area contributed by atoms with Crippen LogP contribution in [0.5, 0.6) is 11.5 Å². The Kier molecular flexibility index (Phi) is 5.92. The maximum Gasteiger partial charge on any atom is 0.196 e. The molecule has 1 aromatic heterocycles. The molecule has 0 amide bonds. The summed E-state index contributed by atoms with van der Waals surface area (Å²) in [6.45, 7) is 2.24. The Balaban J connectivity index is 1.62. The topological polar surface area (TPSA) is 68.9 Å². The second-order valence-corrected chi connectivity index (χ2v) is 6.05. The lowest BCUT2D eigenvalue weighted by Gasteiger charge is -2.16. The highest BCUT2D eigenvalue weighted by Crippen LogP contribution is 2.23. The van der Waals surface area contributed by atoms with Crippen LogP contribution in [0.4, 0.5) is 0 Å². The summed E-state index contributed by atoms with van der Waals surface area (Å²) in [4.78, 5) is 12.0. The quantitative estimate of drug-likeness (QED) is 0.670. The summed E-state index contributed by atoms with van der Waals surface area (Å²) in [5, 5.41) is 10.6. The van der Waals surface area contributed by atoms with Crippen LogP contribution in [0, 0.1) is 0 Å². The third-order valence-electron chi connectivity index (χ3n) is 4.00. The minimum atomic E-state index is -0.823. The molecule has 0 spiro atoms. The number of benzene rings is 2. The Morgan fingerprint density at radius 1 is 1.00 bits per heavy atom. The normalized spacial score (nSPS) is 12.1. The SMILES string of the molecule is CCCc1ccccc1OCC(O)COc1cccc2occc(=O)c12. The third-order valence-corrected chi connectivity index (χ3v) is 4.00. The minimum Gasteiger partial charge on any atom is -0.490 e. The molecule has 0 saturated heterocycles. The fourth-order valence-electron chi connectivity index (χ4n) is 2.77. The van der Waals surface area contributed by atoms with Gasteiger partial charge in [0.25, 0.3) is 0 Å². The van der Waals surface area contributed by atoms with Crippen molar-refractivity contribution in [2.24, 2.45) is 0 Å². The Hall–Kier alpha value is -2.79. The molecule has 0 radical (unpaired) electrons. The molecular formula is C21H22O5. The number of aliphatic hydroxyl groups excluding tert-OH is 1. The fraction of sp³-hybridized carbons (Fsp3) is 0.286. The molecule has 1 heterocycles. The smallest absolute Gasteiger partial charge is 0.196 e. The molecule has 1 N–H and O–H groups in total. The molecule has 26 heavy (non-hydrogen) atoms.